The summed E-state index contributed by atoms with van der Waals surface area (Å²) in [7, 11) is 1.72. The molecule has 0 aliphatic rings. The zero-order chi connectivity index (χ0) is 13.9. The van der Waals surface area contributed by atoms with Crippen molar-refractivity contribution in [1.82, 2.24) is 4.57 Å². The van der Waals surface area contributed by atoms with Crippen LogP contribution in [-0.2, 0) is 18.0 Å². The van der Waals surface area contributed by atoms with Crippen LogP contribution in [0, 0.1) is 6.92 Å². The molecule has 0 radical (unpaired) electrons. The summed E-state index contributed by atoms with van der Waals surface area (Å²) in [5.41, 5.74) is 5.02. The highest BCUT2D eigenvalue weighted by Gasteiger charge is 2.14. The Hall–Kier alpha value is -2.13. The van der Waals surface area contributed by atoms with Gasteiger partial charge in [0.1, 0.15) is 6.54 Å². The summed E-state index contributed by atoms with van der Waals surface area (Å²) >= 11 is 0. The second-order valence-electron chi connectivity index (χ2n) is 5.11. The lowest BCUT2D eigenvalue weighted by Crippen LogP contribution is -2.32. The lowest BCUT2D eigenvalue weighted by Gasteiger charge is -1.99. The molecular weight excluding hydrogens is 248 g/mol. The van der Waals surface area contributed by atoms with Crippen LogP contribution in [0.25, 0.3) is 11.0 Å². The first-order valence-electron chi connectivity index (χ1n) is 6.80. The molecule has 102 valence electrons. The molecule has 0 atom stereocenters. The third kappa shape index (κ3) is 2.45. The Balaban J connectivity index is 2.00. The number of aryl methyl sites for hydroxylation is 1. The van der Waals surface area contributed by atoms with Gasteiger partial charge in [0.25, 0.3) is 0 Å². The zero-order valence-electron chi connectivity index (χ0n) is 11.9. The SMILES string of the molecule is COCn1c[n+](Cc2ccc(C)cc2)c2ccccc21. The van der Waals surface area contributed by atoms with Crippen molar-refractivity contribution in [2.75, 3.05) is 7.11 Å². The fraction of sp³-hybridized carbons (Fsp3) is 0.235. The van der Waals surface area contributed by atoms with Crippen molar-refractivity contribution in [3.63, 3.8) is 0 Å². The Morgan fingerprint density at radius 3 is 2.55 bits per heavy atom. The van der Waals surface area contributed by atoms with Crippen molar-refractivity contribution in [3.8, 4) is 0 Å². The van der Waals surface area contributed by atoms with Gasteiger partial charge in [-0.15, -0.1) is 0 Å². The van der Waals surface area contributed by atoms with Gasteiger partial charge in [0.2, 0.25) is 6.33 Å². The molecule has 0 amide bonds. The molecule has 3 rings (SSSR count). The molecule has 0 saturated heterocycles. The van der Waals surface area contributed by atoms with E-state index >= 15 is 0 Å². The molecule has 3 aromatic rings. The third-order valence-electron chi connectivity index (χ3n) is 3.52. The molecule has 1 aromatic heterocycles. The van der Waals surface area contributed by atoms with Gasteiger partial charge >= 0.3 is 0 Å². The number of nitrogens with zero attached hydrogens (tertiary/aromatic N) is 2. The fourth-order valence-electron chi connectivity index (χ4n) is 2.50. The molecule has 0 bridgehead atoms. The maximum absolute atomic E-state index is 5.26. The quantitative estimate of drug-likeness (QED) is 0.665. The van der Waals surface area contributed by atoms with E-state index in [1.165, 1.54) is 22.2 Å². The molecule has 0 N–H and O–H groups in total. The van der Waals surface area contributed by atoms with Crippen LogP contribution in [0.5, 0.6) is 0 Å². The van der Waals surface area contributed by atoms with E-state index < -0.39 is 0 Å². The van der Waals surface area contributed by atoms with Gasteiger partial charge in [0.05, 0.1) is 0 Å². The van der Waals surface area contributed by atoms with Crippen LogP contribution in [0.2, 0.25) is 0 Å². The predicted molar refractivity (Wildman–Crippen MR) is 79.4 cm³/mol. The van der Waals surface area contributed by atoms with Crippen molar-refractivity contribution >= 4 is 11.0 Å². The fourth-order valence-corrected chi connectivity index (χ4v) is 2.50. The van der Waals surface area contributed by atoms with E-state index in [1.54, 1.807) is 7.11 Å². The summed E-state index contributed by atoms with van der Waals surface area (Å²) in [5.74, 6) is 0. The number of aromatic nitrogens is 2. The van der Waals surface area contributed by atoms with Crippen molar-refractivity contribution < 1.29 is 9.30 Å². The first-order valence-corrected chi connectivity index (χ1v) is 6.80. The molecule has 0 unspecified atom stereocenters. The molecule has 3 heteroatoms. The van der Waals surface area contributed by atoms with E-state index in [4.69, 9.17) is 4.74 Å². The van der Waals surface area contributed by atoms with Crippen LogP contribution >= 0.6 is 0 Å². The number of fused-ring (bicyclic) bond motifs is 1. The van der Waals surface area contributed by atoms with Crippen LogP contribution < -0.4 is 4.57 Å². The van der Waals surface area contributed by atoms with E-state index in [0.717, 1.165) is 6.54 Å². The molecule has 0 saturated carbocycles. The molecule has 0 aliphatic heterocycles. The van der Waals surface area contributed by atoms with Crippen molar-refractivity contribution in [2.45, 2.75) is 20.2 Å². The molecule has 2 aromatic carbocycles. The third-order valence-corrected chi connectivity index (χ3v) is 3.52. The Bertz CT molecular complexity index is 713. The van der Waals surface area contributed by atoms with Crippen molar-refractivity contribution in [1.29, 1.82) is 0 Å². The maximum Gasteiger partial charge on any atom is 0.246 e. The Labute approximate surface area is 119 Å². The number of rotatable bonds is 4. The largest absolute Gasteiger partial charge is 0.345 e. The van der Waals surface area contributed by atoms with Gasteiger partial charge in [-0.25, -0.2) is 9.13 Å². The second kappa shape index (κ2) is 5.47. The molecule has 1 heterocycles. The highest BCUT2D eigenvalue weighted by atomic mass is 16.5. The number of imidazole rings is 1. The topological polar surface area (TPSA) is 18.0 Å². The van der Waals surface area contributed by atoms with Crippen LogP contribution in [0.3, 0.4) is 0 Å². The predicted octanol–water partition coefficient (Wildman–Crippen LogP) is 2.89. The number of para-hydroxylation sites is 2. The highest BCUT2D eigenvalue weighted by Crippen LogP contribution is 2.12. The molecule has 0 aliphatic carbocycles. The molecule has 0 fully saturated rings. The molecule has 0 spiro atoms. The van der Waals surface area contributed by atoms with Gasteiger partial charge in [-0.2, -0.15) is 0 Å². The van der Waals surface area contributed by atoms with E-state index in [0.29, 0.717) is 6.73 Å². The number of hydrogen-bond acceptors (Lipinski definition) is 1. The number of ether oxygens (including phenoxy) is 1. The van der Waals surface area contributed by atoms with Gasteiger partial charge in [0, 0.05) is 7.11 Å². The van der Waals surface area contributed by atoms with Crippen molar-refractivity contribution in [2.24, 2.45) is 0 Å². The second-order valence-corrected chi connectivity index (χ2v) is 5.11. The van der Waals surface area contributed by atoms with E-state index in [9.17, 15) is 0 Å². The summed E-state index contributed by atoms with van der Waals surface area (Å²) in [4.78, 5) is 0. The summed E-state index contributed by atoms with van der Waals surface area (Å²) in [6.07, 6.45) is 2.12. The van der Waals surface area contributed by atoms with Crippen LogP contribution in [0.4, 0.5) is 0 Å². The lowest BCUT2D eigenvalue weighted by atomic mass is 10.1. The Morgan fingerprint density at radius 2 is 1.80 bits per heavy atom. The summed E-state index contributed by atoms with van der Waals surface area (Å²) in [6, 6.07) is 17.1. The first kappa shape index (κ1) is 12.9. The summed E-state index contributed by atoms with van der Waals surface area (Å²) in [6.45, 7) is 3.56. The van der Waals surface area contributed by atoms with Gasteiger partial charge in [0.15, 0.2) is 17.8 Å². The van der Waals surface area contributed by atoms with E-state index in [1.807, 2.05) is 0 Å². The highest BCUT2D eigenvalue weighted by molar-refractivity contribution is 5.71. The molecule has 20 heavy (non-hydrogen) atoms. The smallest absolute Gasteiger partial charge is 0.246 e. The van der Waals surface area contributed by atoms with Gasteiger partial charge < -0.3 is 4.74 Å². The minimum absolute atomic E-state index is 0.571. The number of benzene rings is 2. The summed E-state index contributed by atoms with van der Waals surface area (Å²) in [5, 5.41) is 0. The maximum atomic E-state index is 5.26. The normalized spacial score (nSPS) is 11.1. The van der Waals surface area contributed by atoms with E-state index in [2.05, 4.69) is 70.9 Å². The average molecular weight is 267 g/mol. The lowest BCUT2D eigenvalue weighted by molar-refractivity contribution is -0.663. The monoisotopic (exact) mass is 267 g/mol. The number of methoxy groups -OCH3 is 1. The van der Waals surface area contributed by atoms with Crippen LogP contribution in [-0.4, -0.2) is 11.7 Å². The average Bonchev–Trinajstić information content (AvgIpc) is 2.81. The first-order chi connectivity index (χ1) is 9.78. The molecular formula is C17H19N2O+. The van der Waals surface area contributed by atoms with E-state index in [-0.39, 0.29) is 0 Å². The minimum Gasteiger partial charge on any atom is -0.345 e. The van der Waals surface area contributed by atoms with Crippen LogP contribution in [0.1, 0.15) is 11.1 Å². The van der Waals surface area contributed by atoms with Crippen LogP contribution in [0.15, 0.2) is 54.9 Å². The van der Waals surface area contributed by atoms with Gasteiger partial charge in [-0.3, -0.25) is 0 Å². The Morgan fingerprint density at radius 1 is 1.05 bits per heavy atom. The standard InChI is InChI=1S/C17H19N2O/c1-14-7-9-15(10-8-14)11-18-12-19(13-20-2)17-6-4-3-5-16(17)18/h3-10,12H,11,13H2,1-2H3/q+1. The minimum atomic E-state index is 0.571. The Kier molecular flexibility index (Phi) is 3.52. The summed E-state index contributed by atoms with van der Waals surface area (Å²) < 4.78 is 9.66. The van der Waals surface area contributed by atoms with Gasteiger partial charge in [-0.1, -0.05) is 42.0 Å². The molecule has 3 nitrogen and oxygen atoms in total. The number of hydrogen-bond donors (Lipinski definition) is 0. The van der Waals surface area contributed by atoms with Gasteiger partial charge in [-0.05, 0) is 24.6 Å². The zero-order valence-corrected chi connectivity index (χ0v) is 11.9. The van der Waals surface area contributed by atoms with Crippen molar-refractivity contribution in [3.05, 3.63) is 66.0 Å².